The molecule has 0 rings (SSSR count). The highest BCUT2D eigenvalue weighted by atomic mass is 19.4. The zero-order valence-electron chi connectivity index (χ0n) is 12.7. The second-order valence-electron chi connectivity index (χ2n) is 5.26. The summed E-state index contributed by atoms with van der Waals surface area (Å²) in [4.78, 5) is 0. The van der Waals surface area contributed by atoms with Gasteiger partial charge in [-0.3, -0.25) is 0 Å². The average molecular weight is 463 g/mol. The van der Waals surface area contributed by atoms with Gasteiger partial charge in [-0.15, -0.1) is 9.60 Å². The molecule has 170 valence electrons. The normalized spacial score (nSPS) is 16.3. The fourth-order valence-electron chi connectivity index (χ4n) is 1.54. The van der Waals surface area contributed by atoms with Crippen molar-refractivity contribution in [3.63, 3.8) is 0 Å². The zero-order chi connectivity index (χ0) is 23.4. The number of nitrogens with zero attached hydrogens (tertiary/aromatic N) is 1. The molecule has 0 amide bonds. The number of alkyl halides is 16. The molecule has 0 atom stereocenters. The Morgan fingerprint density at radius 2 is 0.857 bits per heavy atom. The summed E-state index contributed by atoms with van der Waals surface area (Å²) in [7, 11) is -0.160. The van der Waals surface area contributed by atoms with Crippen LogP contribution in [0.1, 0.15) is 0 Å². The molecule has 1 nitrogen and oxygen atoms in total. The van der Waals surface area contributed by atoms with E-state index >= 15 is 0 Å². The highest BCUT2D eigenvalue weighted by Gasteiger charge is 2.93. The lowest BCUT2D eigenvalue weighted by molar-refractivity contribution is -0.447. The van der Waals surface area contributed by atoms with Gasteiger partial charge in [-0.05, 0) is 0 Å². The van der Waals surface area contributed by atoms with Crippen LogP contribution in [0.4, 0.5) is 74.7 Å². The zero-order valence-corrected chi connectivity index (χ0v) is 12.7. The predicted molar refractivity (Wildman–Crippen MR) is 54.4 cm³/mol. The standard InChI is InChI=1S/C10H6F17N/c1-28(27)2-4(13,14)6(17,18)8(21,22)10(25,26)9(23,24)7(19,20)5(15,16)3(11)12/h3H,2H2,1H3. The summed E-state index contributed by atoms with van der Waals surface area (Å²) in [6, 6.07) is 0. The fourth-order valence-corrected chi connectivity index (χ4v) is 1.54. The summed E-state index contributed by atoms with van der Waals surface area (Å²) in [5.41, 5.74) is 0. The summed E-state index contributed by atoms with van der Waals surface area (Å²) in [5.74, 6) is -55.1. The highest BCUT2D eigenvalue weighted by Crippen LogP contribution is 2.62. The van der Waals surface area contributed by atoms with Gasteiger partial charge in [0.25, 0.3) is 0 Å². The SMILES string of the molecule is CN(F)CC(F)(F)C(F)(F)C(F)(F)C(F)(F)C(F)(F)C(F)(F)C(F)(F)C(F)F. The van der Waals surface area contributed by atoms with Gasteiger partial charge in [0.1, 0.15) is 0 Å². The van der Waals surface area contributed by atoms with Crippen molar-refractivity contribution in [2.45, 2.75) is 47.9 Å². The average Bonchev–Trinajstić information content (AvgIpc) is 2.44. The summed E-state index contributed by atoms with van der Waals surface area (Å²) >= 11 is 0. The number of halogens is 17. The molecule has 18 heteroatoms. The first-order valence-electron chi connectivity index (χ1n) is 6.16. The van der Waals surface area contributed by atoms with Crippen molar-refractivity contribution in [1.82, 2.24) is 5.12 Å². The molecule has 0 aliphatic carbocycles. The molecule has 0 fully saturated rings. The van der Waals surface area contributed by atoms with Crippen molar-refractivity contribution in [2.24, 2.45) is 0 Å². The van der Waals surface area contributed by atoms with Crippen molar-refractivity contribution in [2.75, 3.05) is 13.6 Å². The first-order valence-corrected chi connectivity index (χ1v) is 6.16. The Kier molecular flexibility index (Phi) is 6.62. The summed E-state index contributed by atoms with van der Waals surface area (Å²) in [5, 5.41) is -1.51. The van der Waals surface area contributed by atoms with Gasteiger partial charge in [0.05, 0.1) is 6.54 Å². The fraction of sp³-hybridized carbons (Fsp3) is 1.00. The first-order chi connectivity index (χ1) is 11.9. The smallest absolute Gasteiger partial charge is 0.203 e. The van der Waals surface area contributed by atoms with E-state index in [9.17, 15) is 74.7 Å². The number of rotatable bonds is 9. The van der Waals surface area contributed by atoms with Crippen LogP contribution in [0.3, 0.4) is 0 Å². The van der Waals surface area contributed by atoms with E-state index in [0.29, 0.717) is 0 Å². The van der Waals surface area contributed by atoms with Gasteiger partial charge in [0.2, 0.25) is 0 Å². The Labute approximate surface area is 143 Å². The maximum Gasteiger partial charge on any atom is 0.384 e. The molecule has 0 N–H and O–H groups in total. The molecule has 0 saturated heterocycles. The van der Waals surface area contributed by atoms with Crippen LogP contribution in [-0.4, -0.2) is 66.6 Å². The van der Waals surface area contributed by atoms with Crippen LogP contribution in [0.25, 0.3) is 0 Å². The molecular weight excluding hydrogens is 457 g/mol. The van der Waals surface area contributed by atoms with Gasteiger partial charge in [0.15, 0.2) is 0 Å². The van der Waals surface area contributed by atoms with E-state index < -0.39 is 59.5 Å². The van der Waals surface area contributed by atoms with E-state index in [4.69, 9.17) is 0 Å². The molecule has 0 aliphatic heterocycles. The van der Waals surface area contributed by atoms with Crippen LogP contribution in [-0.2, 0) is 0 Å². The molecule has 0 heterocycles. The van der Waals surface area contributed by atoms with Gasteiger partial charge in [0, 0.05) is 7.05 Å². The molecule has 0 spiro atoms. The Morgan fingerprint density at radius 3 is 1.14 bits per heavy atom. The van der Waals surface area contributed by atoms with E-state index in [0.717, 1.165) is 0 Å². The molecule has 0 aromatic heterocycles. The number of hydrogen-bond acceptors (Lipinski definition) is 1. The molecule has 0 aromatic carbocycles. The van der Waals surface area contributed by atoms with E-state index in [2.05, 4.69) is 0 Å². The van der Waals surface area contributed by atoms with Crippen molar-refractivity contribution in [3.8, 4) is 0 Å². The van der Waals surface area contributed by atoms with Gasteiger partial charge in [-0.2, -0.15) is 61.5 Å². The summed E-state index contributed by atoms with van der Waals surface area (Å²) < 4.78 is 217. The summed E-state index contributed by atoms with van der Waals surface area (Å²) in [6.07, 6.45) is -5.89. The van der Waals surface area contributed by atoms with Crippen molar-refractivity contribution in [1.29, 1.82) is 0 Å². The molecule has 0 aliphatic rings. The topological polar surface area (TPSA) is 3.24 Å². The third-order valence-corrected chi connectivity index (χ3v) is 3.15. The first kappa shape index (κ1) is 26.8. The maximum atomic E-state index is 13.2. The molecule has 0 unspecified atom stereocenters. The lowest BCUT2D eigenvalue weighted by Crippen LogP contribution is -2.74. The van der Waals surface area contributed by atoms with Gasteiger partial charge >= 0.3 is 47.9 Å². The molecule has 0 saturated carbocycles. The third-order valence-electron chi connectivity index (χ3n) is 3.15. The van der Waals surface area contributed by atoms with Crippen LogP contribution in [0.15, 0.2) is 0 Å². The lowest BCUT2D eigenvalue weighted by Gasteiger charge is -2.42. The van der Waals surface area contributed by atoms with E-state index in [-0.39, 0.29) is 7.05 Å². The third kappa shape index (κ3) is 3.44. The van der Waals surface area contributed by atoms with Crippen molar-refractivity contribution in [3.05, 3.63) is 0 Å². The minimum Gasteiger partial charge on any atom is -0.203 e. The monoisotopic (exact) mass is 463 g/mol. The second kappa shape index (κ2) is 6.93. The van der Waals surface area contributed by atoms with Gasteiger partial charge in [-0.25, -0.2) is 8.78 Å². The van der Waals surface area contributed by atoms with Crippen molar-refractivity contribution < 1.29 is 74.7 Å². The van der Waals surface area contributed by atoms with Crippen LogP contribution in [0.2, 0.25) is 0 Å². The van der Waals surface area contributed by atoms with E-state index in [1.807, 2.05) is 0 Å². The van der Waals surface area contributed by atoms with E-state index in [1.54, 1.807) is 0 Å². The second-order valence-corrected chi connectivity index (χ2v) is 5.26. The molecule has 0 aromatic rings. The lowest BCUT2D eigenvalue weighted by atomic mass is 9.89. The Balaban J connectivity index is 6.55. The predicted octanol–water partition coefficient (Wildman–Crippen LogP) is 5.51. The number of hydrogen-bond donors (Lipinski definition) is 0. The Hall–Kier alpha value is -1.23. The molecule has 28 heavy (non-hydrogen) atoms. The Bertz CT molecular complexity index is 550. The minimum absolute atomic E-state index is 0.160. The van der Waals surface area contributed by atoms with Crippen LogP contribution < -0.4 is 0 Å². The maximum absolute atomic E-state index is 13.2. The van der Waals surface area contributed by atoms with Crippen LogP contribution in [0, 0.1) is 0 Å². The largest absolute Gasteiger partial charge is 0.384 e. The van der Waals surface area contributed by atoms with Crippen molar-refractivity contribution >= 4 is 0 Å². The quantitative estimate of drug-likeness (QED) is 0.322. The minimum atomic E-state index is -8.45. The molecule has 0 radical (unpaired) electrons. The van der Waals surface area contributed by atoms with Gasteiger partial charge in [-0.1, -0.05) is 0 Å². The van der Waals surface area contributed by atoms with E-state index in [1.165, 1.54) is 0 Å². The highest BCUT2D eigenvalue weighted by molar-refractivity contribution is 5.14. The summed E-state index contributed by atoms with van der Waals surface area (Å²) in [6.45, 7) is -3.17. The molecule has 0 bridgehead atoms. The Morgan fingerprint density at radius 1 is 0.571 bits per heavy atom. The molecular formula is C10H6F17N. The van der Waals surface area contributed by atoms with Gasteiger partial charge < -0.3 is 0 Å². The van der Waals surface area contributed by atoms with Crippen LogP contribution >= 0.6 is 0 Å². The van der Waals surface area contributed by atoms with Crippen LogP contribution in [0.5, 0.6) is 0 Å².